The Morgan fingerprint density at radius 2 is 1.68 bits per heavy atom. The molecule has 0 bridgehead atoms. The van der Waals surface area contributed by atoms with Crippen molar-refractivity contribution in [3.63, 3.8) is 0 Å². The van der Waals surface area contributed by atoms with Gasteiger partial charge in [-0.2, -0.15) is 0 Å². The van der Waals surface area contributed by atoms with E-state index in [0.29, 0.717) is 42.3 Å². The number of allylic oxidation sites excluding steroid dienone is 2. The molecule has 0 aromatic rings. The summed E-state index contributed by atoms with van der Waals surface area (Å²) in [7, 11) is 0. The average molecular weight is 393 g/mol. The van der Waals surface area contributed by atoms with Crippen molar-refractivity contribution in [2.75, 3.05) is 13.2 Å². The van der Waals surface area contributed by atoms with E-state index in [1.807, 2.05) is 6.92 Å². The maximum Gasteiger partial charge on any atom is 0.165 e. The molecule has 6 atom stereocenters. The number of rotatable bonds is 6. The molecule has 1 saturated heterocycles. The monoisotopic (exact) mass is 392 g/mol. The molecule has 3 nitrogen and oxygen atoms in total. The van der Waals surface area contributed by atoms with Crippen molar-refractivity contribution in [3.8, 4) is 0 Å². The molecule has 3 fully saturated rings. The molecule has 3 rings (SSSR count). The van der Waals surface area contributed by atoms with E-state index in [1.165, 1.54) is 37.7 Å². The Morgan fingerprint density at radius 1 is 1.00 bits per heavy atom. The highest BCUT2D eigenvalue weighted by molar-refractivity contribution is 5.07. The van der Waals surface area contributed by atoms with Crippen LogP contribution in [0.2, 0.25) is 0 Å². The van der Waals surface area contributed by atoms with Gasteiger partial charge in [-0.25, -0.2) is 0 Å². The topological polar surface area (TPSA) is 38.7 Å². The van der Waals surface area contributed by atoms with E-state index in [-0.39, 0.29) is 0 Å². The van der Waals surface area contributed by atoms with Crippen LogP contribution in [0.1, 0.15) is 92.9 Å². The number of ether oxygens (including phenoxy) is 2. The van der Waals surface area contributed by atoms with Gasteiger partial charge in [-0.3, -0.25) is 0 Å². The largest absolute Gasteiger partial charge is 0.389 e. The minimum Gasteiger partial charge on any atom is -0.389 e. The third-order valence-corrected chi connectivity index (χ3v) is 8.60. The Morgan fingerprint density at radius 3 is 2.32 bits per heavy atom. The van der Waals surface area contributed by atoms with Gasteiger partial charge in [0.05, 0.1) is 18.8 Å². The van der Waals surface area contributed by atoms with Crippen LogP contribution >= 0.6 is 0 Å². The van der Waals surface area contributed by atoms with Crippen LogP contribution in [-0.4, -0.2) is 29.7 Å². The minimum absolute atomic E-state index is 0.348. The first-order valence-electron chi connectivity index (χ1n) is 11.7. The van der Waals surface area contributed by atoms with E-state index in [0.717, 1.165) is 19.3 Å². The molecule has 3 aliphatic rings. The van der Waals surface area contributed by atoms with Crippen LogP contribution in [0, 0.1) is 29.1 Å². The van der Waals surface area contributed by atoms with Crippen molar-refractivity contribution >= 4 is 0 Å². The Bertz CT molecular complexity index is 560. The predicted molar refractivity (Wildman–Crippen MR) is 115 cm³/mol. The van der Waals surface area contributed by atoms with Crippen LogP contribution in [0.4, 0.5) is 0 Å². The second-order valence-electron chi connectivity index (χ2n) is 10.9. The zero-order valence-electron chi connectivity index (χ0n) is 19.2. The van der Waals surface area contributed by atoms with Gasteiger partial charge < -0.3 is 14.6 Å². The minimum atomic E-state index is -0.598. The average Bonchev–Trinajstić information content (AvgIpc) is 3.06. The summed E-state index contributed by atoms with van der Waals surface area (Å²) >= 11 is 0. The molecule has 0 aromatic heterocycles. The molecule has 0 radical (unpaired) electrons. The summed E-state index contributed by atoms with van der Waals surface area (Å²) in [4.78, 5) is 0. The van der Waals surface area contributed by atoms with Crippen molar-refractivity contribution in [1.82, 2.24) is 0 Å². The maximum absolute atomic E-state index is 12.1. The van der Waals surface area contributed by atoms with Gasteiger partial charge in [0, 0.05) is 6.42 Å². The molecule has 1 N–H and O–H groups in total. The first-order valence-corrected chi connectivity index (χ1v) is 11.7. The summed E-state index contributed by atoms with van der Waals surface area (Å²) in [5.41, 5.74) is 1.17. The van der Waals surface area contributed by atoms with Crippen LogP contribution in [0.5, 0.6) is 0 Å². The first kappa shape index (κ1) is 22.3. The van der Waals surface area contributed by atoms with E-state index >= 15 is 0 Å². The van der Waals surface area contributed by atoms with Crippen LogP contribution in [0.15, 0.2) is 11.6 Å². The molecule has 0 spiro atoms. The van der Waals surface area contributed by atoms with E-state index in [1.54, 1.807) is 0 Å². The summed E-state index contributed by atoms with van der Waals surface area (Å²) in [5.74, 6) is 1.45. The van der Waals surface area contributed by atoms with E-state index in [2.05, 4.69) is 40.7 Å². The summed E-state index contributed by atoms with van der Waals surface area (Å²) in [5, 5.41) is 12.1. The van der Waals surface area contributed by atoms with Gasteiger partial charge in [-0.05, 0) is 94.8 Å². The molecule has 0 amide bonds. The van der Waals surface area contributed by atoms with Gasteiger partial charge in [0.2, 0.25) is 0 Å². The Labute approximate surface area is 173 Å². The second-order valence-corrected chi connectivity index (χ2v) is 10.9. The molecule has 0 unspecified atom stereocenters. The normalized spacial score (nSPS) is 42.8. The van der Waals surface area contributed by atoms with Gasteiger partial charge in [0.15, 0.2) is 5.79 Å². The smallest absolute Gasteiger partial charge is 0.165 e. The van der Waals surface area contributed by atoms with Crippen LogP contribution in [0.25, 0.3) is 0 Å². The van der Waals surface area contributed by atoms with Gasteiger partial charge in [0.25, 0.3) is 0 Å². The zero-order valence-corrected chi connectivity index (χ0v) is 19.2. The van der Waals surface area contributed by atoms with E-state index in [4.69, 9.17) is 9.47 Å². The summed E-state index contributed by atoms with van der Waals surface area (Å²) in [6.45, 7) is 15.0. The van der Waals surface area contributed by atoms with Crippen molar-refractivity contribution in [2.45, 2.75) is 104 Å². The fourth-order valence-electron chi connectivity index (χ4n) is 6.67. The summed E-state index contributed by atoms with van der Waals surface area (Å²) < 4.78 is 11.7. The maximum atomic E-state index is 12.1. The highest BCUT2D eigenvalue weighted by Gasteiger charge is 2.57. The number of hydrogen-bond donors (Lipinski definition) is 1. The standard InChI is InChI=1S/C25H44O3/c1-18(2)8-7-12-23(5)13-11-19(3)22-21(23)10-9-20(4)25(22,26)15-14-24(6)27-16-17-28-24/h8,19-22,26H,7,9-17H2,1-6H3/t19-,20-,21+,22+,23-,25+/m1/s1. The summed E-state index contributed by atoms with van der Waals surface area (Å²) in [6.07, 6.45) is 11.4. The fraction of sp³-hybridized carbons (Fsp3) is 0.920. The molecule has 2 saturated carbocycles. The SMILES string of the molecule is CC(C)=CCC[C@]1(C)CC[C@@H](C)[C@H]2[C@@H]1CC[C@@H](C)[C@@]2(O)CCC1(C)OCCO1. The van der Waals surface area contributed by atoms with Crippen molar-refractivity contribution in [1.29, 1.82) is 0 Å². The lowest BCUT2D eigenvalue weighted by atomic mass is 9.47. The van der Waals surface area contributed by atoms with Gasteiger partial charge in [0.1, 0.15) is 0 Å². The second kappa shape index (κ2) is 8.40. The van der Waals surface area contributed by atoms with Crippen LogP contribution in [-0.2, 0) is 9.47 Å². The lowest BCUT2D eigenvalue weighted by Crippen LogP contribution is -2.59. The van der Waals surface area contributed by atoms with E-state index < -0.39 is 11.4 Å². The quantitative estimate of drug-likeness (QED) is 0.555. The third kappa shape index (κ3) is 4.37. The van der Waals surface area contributed by atoms with Crippen molar-refractivity contribution in [2.24, 2.45) is 29.1 Å². The molecular weight excluding hydrogens is 348 g/mol. The molecule has 1 aliphatic heterocycles. The predicted octanol–water partition coefficient (Wildman–Crippen LogP) is 6.11. The Kier molecular flexibility index (Phi) is 6.69. The molecule has 162 valence electrons. The van der Waals surface area contributed by atoms with E-state index in [9.17, 15) is 5.11 Å². The molecular formula is C25H44O3. The highest BCUT2D eigenvalue weighted by atomic mass is 16.7. The molecule has 0 aromatic carbocycles. The lowest BCUT2D eigenvalue weighted by Gasteiger charge is -2.60. The van der Waals surface area contributed by atoms with Crippen molar-refractivity contribution in [3.05, 3.63) is 11.6 Å². The van der Waals surface area contributed by atoms with Crippen LogP contribution in [0.3, 0.4) is 0 Å². The number of hydrogen-bond acceptors (Lipinski definition) is 3. The molecule has 2 aliphatic carbocycles. The van der Waals surface area contributed by atoms with Crippen molar-refractivity contribution < 1.29 is 14.6 Å². The van der Waals surface area contributed by atoms with Crippen LogP contribution < -0.4 is 0 Å². The Hall–Kier alpha value is -0.380. The number of fused-ring (bicyclic) bond motifs is 1. The van der Waals surface area contributed by atoms with Gasteiger partial charge in [-0.15, -0.1) is 0 Å². The molecule has 28 heavy (non-hydrogen) atoms. The van der Waals surface area contributed by atoms with Gasteiger partial charge >= 0.3 is 0 Å². The highest BCUT2D eigenvalue weighted by Crippen LogP contribution is 2.60. The van der Waals surface area contributed by atoms with Gasteiger partial charge in [-0.1, -0.05) is 32.4 Å². The first-order chi connectivity index (χ1) is 13.1. The molecule has 1 heterocycles. The zero-order chi connectivity index (χ0) is 20.6. The third-order valence-electron chi connectivity index (χ3n) is 8.60. The lowest BCUT2D eigenvalue weighted by molar-refractivity contribution is -0.201. The summed E-state index contributed by atoms with van der Waals surface area (Å²) in [6, 6.07) is 0. The number of aliphatic hydroxyl groups is 1. The Balaban J connectivity index is 1.79. The molecule has 3 heteroatoms. The fourth-order valence-corrected chi connectivity index (χ4v) is 6.67.